The van der Waals surface area contributed by atoms with Crippen molar-refractivity contribution in [3.63, 3.8) is 0 Å². The number of aliphatic hydroxyl groups excluding tert-OH is 1. The van der Waals surface area contributed by atoms with Crippen LogP contribution >= 0.6 is 11.6 Å². The van der Waals surface area contributed by atoms with Crippen LogP contribution in [0.1, 0.15) is 27.2 Å². The van der Waals surface area contributed by atoms with E-state index >= 15 is 0 Å². The van der Waals surface area contributed by atoms with E-state index < -0.39 is 23.6 Å². The predicted octanol–water partition coefficient (Wildman–Crippen LogP) is 5.31. The molecule has 2 heterocycles. The minimum absolute atomic E-state index is 0.0162. The maximum atomic E-state index is 14.4. The molecule has 14 heteroatoms. The molecule has 0 spiro atoms. The van der Waals surface area contributed by atoms with Crippen LogP contribution in [0.5, 0.6) is 0 Å². The van der Waals surface area contributed by atoms with Gasteiger partial charge in [-0.25, -0.2) is 19.0 Å². The zero-order valence-corrected chi connectivity index (χ0v) is 18.4. The van der Waals surface area contributed by atoms with Gasteiger partial charge in [-0.05, 0) is 25.0 Å². The molecular weight excluding hydrogens is 497 g/mol. The number of alkyl halides is 7. The number of hydrogen-bond acceptors (Lipinski definition) is 5. The molecule has 0 radical (unpaired) electrons. The fraction of sp³-hybridized carbons (Fsp3) is 0.300. The summed E-state index contributed by atoms with van der Waals surface area (Å²) in [6.07, 6.45) is -8.21. The first-order valence-electron chi connectivity index (χ1n) is 9.12. The van der Waals surface area contributed by atoms with E-state index in [1.165, 1.54) is 37.1 Å². The van der Waals surface area contributed by atoms with Gasteiger partial charge in [0, 0.05) is 18.9 Å². The summed E-state index contributed by atoms with van der Waals surface area (Å²) < 4.78 is 94.2. The lowest BCUT2D eigenvalue weighted by Crippen LogP contribution is -2.50. The van der Waals surface area contributed by atoms with Crippen LogP contribution in [0.25, 0.3) is 17.1 Å². The lowest BCUT2D eigenvalue weighted by molar-refractivity contribution is -0.348. The molecule has 1 N–H and O–H groups in total. The van der Waals surface area contributed by atoms with Gasteiger partial charge in [-0.1, -0.05) is 23.7 Å². The number of halogens is 8. The Balaban J connectivity index is 0.00000199. The van der Waals surface area contributed by atoms with E-state index in [4.69, 9.17) is 16.7 Å². The minimum Gasteiger partial charge on any atom is -0.400 e. The second kappa shape index (κ2) is 9.66. The van der Waals surface area contributed by atoms with E-state index in [0.29, 0.717) is 18.4 Å². The molecule has 0 fully saturated rings. The molecule has 1 aromatic carbocycles. The van der Waals surface area contributed by atoms with E-state index in [1.807, 2.05) is 0 Å². The Labute approximate surface area is 193 Å². The van der Waals surface area contributed by atoms with Crippen LogP contribution in [0.4, 0.5) is 30.7 Å². The molecular formula is C20H16ClF7N4O2. The quantitative estimate of drug-likeness (QED) is 0.378. The van der Waals surface area contributed by atoms with E-state index in [-0.39, 0.29) is 38.9 Å². The number of rotatable bonds is 4. The number of benzene rings is 1. The lowest BCUT2D eigenvalue weighted by Gasteiger charge is -2.31. The highest BCUT2D eigenvalue weighted by atomic mass is 35.5. The molecule has 34 heavy (non-hydrogen) atoms. The Bertz CT molecular complexity index is 1160. The van der Waals surface area contributed by atoms with Crippen molar-refractivity contribution < 1.29 is 40.6 Å². The van der Waals surface area contributed by atoms with Gasteiger partial charge < -0.3 is 5.11 Å². The number of carbonyl (C=O) groups is 1. The average Bonchev–Trinajstić information content (AvgIpc) is 3.22. The molecule has 6 nitrogen and oxygen atoms in total. The van der Waals surface area contributed by atoms with E-state index in [0.717, 1.165) is 7.11 Å². The van der Waals surface area contributed by atoms with Gasteiger partial charge in [0.05, 0.1) is 28.7 Å². The molecule has 0 aliphatic heterocycles. The summed E-state index contributed by atoms with van der Waals surface area (Å²) in [5, 5.41) is 11.0. The molecule has 3 aromatic rings. The summed E-state index contributed by atoms with van der Waals surface area (Å²) in [5.74, 6) is 0.0617. The standard InChI is InChI=1S/C19H12ClF7N4O.CH4O/c1-9-3-12(17(21,18(22,23)24)19(25,26)27)4-10(2)15(9)31-7-11(5-29-31)16-28-6-13(20)14(8-32)30-16;1-2/h3-8H,1-2H3;2H,1H3. The van der Waals surface area contributed by atoms with Gasteiger partial charge in [0.15, 0.2) is 12.1 Å². The zero-order chi connectivity index (χ0) is 26.1. The van der Waals surface area contributed by atoms with E-state index in [9.17, 15) is 35.5 Å². The van der Waals surface area contributed by atoms with Crippen molar-refractivity contribution in [2.45, 2.75) is 31.9 Å². The number of hydrogen-bond donors (Lipinski definition) is 1. The number of nitrogens with zero attached hydrogens (tertiary/aromatic N) is 4. The van der Waals surface area contributed by atoms with Crippen LogP contribution in [0.15, 0.2) is 30.7 Å². The zero-order valence-electron chi connectivity index (χ0n) is 17.6. The molecule has 0 aliphatic carbocycles. The van der Waals surface area contributed by atoms with Gasteiger partial charge in [-0.2, -0.15) is 31.4 Å². The van der Waals surface area contributed by atoms with Crippen molar-refractivity contribution in [2.24, 2.45) is 0 Å². The van der Waals surface area contributed by atoms with Crippen LogP contribution in [-0.2, 0) is 5.67 Å². The fourth-order valence-corrected chi connectivity index (χ4v) is 3.30. The molecule has 0 bridgehead atoms. The van der Waals surface area contributed by atoms with Gasteiger partial charge in [-0.3, -0.25) is 4.79 Å². The number of aldehydes is 1. The molecule has 0 amide bonds. The number of carbonyl (C=O) groups excluding carboxylic acids is 1. The summed E-state index contributed by atoms with van der Waals surface area (Å²) >= 11 is 5.77. The molecule has 0 saturated carbocycles. The summed E-state index contributed by atoms with van der Waals surface area (Å²) in [7, 11) is 1.00. The molecule has 184 valence electrons. The SMILES string of the molecule is CO.Cc1cc(C(F)(C(F)(F)F)C(F)(F)F)cc(C)c1-n1cc(-c2ncc(Cl)c(C=O)n2)cn1. The van der Waals surface area contributed by atoms with Crippen LogP contribution in [0.2, 0.25) is 5.02 Å². The van der Waals surface area contributed by atoms with E-state index in [1.54, 1.807) is 0 Å². The highest BCUT2D eigenvalue weighted by Gasteiger charge is 2.73. The van der Waals surface area contributed by atoms with Crippen molar-refractivity contribution in [2.75, 3.05) is 7.11 Å². The van der Waals surface area contributed by atoms with Crippen molar-refractivity contribution in [1.29, 1.82) is 0 Å². The summed E-state index contributed by atoms with van der Waals surface area (Å²) in [6, 6.07) is 0.960. The summed E-state index contributed by atoms with van der Waals surface area (Å²) in [4.78, 5) is 18.9. The van der Waals surface area contributed by atoms with Crippen LogP contribution in [0.3, 0.4) is 0 Å². The maximum Gasteiger partial charge on any atom is 0.435 e. The monoisotopic (exact) mass is 512 g/mol. The third kappa shape index (κ3) is 4.75. The maximum absolute atomic E-state index is 14.4. The smallest absolute Gasteiger partial charge is 0.400 e. The van der Waals surface area contributed by atoms with Crippen molar-refractivity contribution in [3.8, 4) is 17.1 Å². The highest BCUT2D eigenvalue weighted by molar-refractivity contribution is 6.32. The van der Waals surface area contributed by atoms with Gasteiger partial charge in [0.1, 0.15) is 5.69 Å². The van der Waals surface area contributed by atoms with Gasteiger partial charge in [-0.15, -0.1) is 0 Å². The first-order chi connectivity index (χ1) is 15.7. The molecule has 0 unspecified atom stereocenters. The molecule has 0 atom stereocenters. The fourth-order valence-electron chi connectivity index (χ4n) is 3.17. The highest BCUT2D eigenvalue weighted by Crippen LogP contribution is 2.53. The number of aliphatic hydroxyl groups is 1. The molecule has 3 rings (SSSR count). The summed E-state index contributed by atoms with van der Waals surface area (Å²) in [5.41, 5.74) is -6.95. The van der Waals surface area contributed by atoms with Gasteiger partial charge in [0.2, 0.25) is 0 Å². The Morgan fingerprint density at radius 1 is 0.971 bits per heavy atom. The first-order valence-corrected chi connectivity index (χ1v) is 9.50. The second-order valence-corrected chi connectivity index (χ2v) is 7.24. The van der Waals surface area contributed by atoms with Crippen molar-refractivity contribution in [1.82, 2.24) is 19.7 Å². The average molecular weight is 513 g/mol. The largest absolute Gasteiger partial charge is 0.435 e. The van der Waals surface area contributed by atoms with Crippen LogP contribution in [0, 0.1) is 13.8 Å². The number of aromatic nitrogens is 4. The third-order valence-electron chi connectivity index (χ3n) is 4.62. The Hall–Kier alpha value is -3.06. The van der Waals surface area contributed by atoms with E-state index in [2.05, 4.69) is 15.1 Å². The van der Waals surface area contributed by atoms with Crippen molar-refractivity contribution in [3.05, 3.63) is 58.1 Å². The Morgan fingerprint density at radius 2 is 1.50 bits per heavy atom. The minimum atomic E-state index is -6.22. The molecule has 0 saturated heterocycles. The summed E-state index contributed by atoms with van der Waals surface area (Å²) in [6.45, 7) is 2.45. The predicted molar refractivity (Wildman–Crippen MR) is 108 cm³/mol. The lowest BCUT2D eigenvalue weighted by atomic mass is 9.90. The van der Waals surface area contributed by atoms with Crippen LogP contribution < -0.4 is 0 Å². The van der Waals surface area contributed by atoms with Crippen molar-refractivity contribution >= 4 is 17.9 Å². The van der Waals surface area contributed by atoms with Crippen LogP contribution in [-0.4, -0.2) is 50.6 Å². The first kappa shape index (κ1) is 27.2. The molecule has 0 aliphatic rings. The molecule has 2 aromatic heterocycles. The normalized spacial score (nSPS) is 12.2. The van der Waals surface area contributed by atoms with Gasteiger partial charge >= 0.3 is 18.0 Å². The topological polar surface area (TPSA) is 80.9 Å². The van der Waals surface area contributed by atoms with Gasteiger partial charge in [0.25, 0.3) is 0 Å². The third-order valence-corrected chi connectivity index (χ3v) is 4.91. The second-order valence-electron chi connectivity index (χ2n) is 6.83. The Kier molecular flexibility index (Phi) is 7.73. The number of aryl methyl sites for hydroxylation is 2. The Morgan fingerprint density at radius 3 is 1.97 bits per heavy atom.